The summed E-state index contributed by atoms with van der Waals surface area (Å²) in [5.74, 6) is 0. The van der Waals surface area contributed by atoms with E-state index >= 15 is 0 Å². The van der Waals surface area contributed by atoms with Crippen LogP contribution in [0.25, 0.3) is 0 Å². The van der Waals surface area contributed by atoms with Crippen molar-refractivity contribution in [2.75, 3.05) is 26.4 Å². The minimum atomic E-state index is -1.46. The van der Waals surface area contributed by atoms with Gasteiger partial charge in [-0.2, -0.15) is 0 Å². The maximum Gasteiger partial charge on any atom is 2.00 e. The second kappa shape index (κ2) is 34.9. The van der Waals surface area contributed by atoms with E-state index < -0.39 is 24.6 Å². The second-order valence-electron chi connectivity index (χ2n) is 2.73. The number of carboxylic acid groups (broad SMARTS) is 4. The van der Waals surface area contributed by atoms with Crippen molar-refractivity contribution in [2.24, 2.45) is 0 Å². The van der Waals surface area contributed by atoms with Gasteiger partial charge in [0.05, 0.1) is 0 Å². The Kier molecular flexibility index (Phi) is 53.1. The molecule has 0 rings (SSSR count). The average molecular weight is 405 g/mol. The summed E-state index contributed by atoms with van der Waals surface area (Å²) < 4.78 is 15.4. The van der Waals surface area contributed by atoms with Crippen LogP contribution in [0, 0.1) is 0 Å². The summed E-state index contributed by atoms with van der Waals surface area (Å²) in [4.78, 5) is 37.1. The van der Waals surface area contributed by atoms with Gasteiger partial charge in [0, 0.05) is 26.4 Å². The van der Waals surface area contributed by atoms with Crippen LogP contribution in [-0.2, 0) is 18.9 Å². The molecule has 0 radical (unpaired) electrons. The van der Waals surface area contributed by atoms with Crippen molar-refractivity contribution in [3.63, 3.8) is 0 Å². The maximum absolute atomic E-state index is 9.27. The average Bonchev–Trinajstić information content (AvgIpc) is 2.39. The van der Waals surface area contributed by atoms with E-state index in [0.29, 0.717) is 0 Å². The Hall–Kier alpha value is -1.39. The van der Waals surface area contributed by atoms with Gasteiger partial charge in [0.25, 0.3) is 24.6 Å². The summed E-state index contributed by atoms with van der Waals surface area (Å²) in [5, 5.41) is 37.1. The summed E-state index contributed by atoms with van der Waals surface area (Å²) in [6.45, 7) is 6.99. The number of rotatable bonds is 4. The summed E-state index contributed by atoms with van der Waals surface area (Å²) in [6, 6.07) is 0. The van der Waals surface area contributed by atoms with Crippen LogP contribution < -0.4 is 20.4 Å². The minimum absolute atomic E-state index is 0. The molecule has 0 aromatic carbocycles. The molecule has 0 aliphatic heterocycles. The molecule has 0 aromatic rings. The van der Waals surface area contributed by atoms with Gasteiger partial charge in [-0.15, -0.1) is 0 Å². The molecule has 0 aromatic heterocycles. The molecule has 0 spiro atoms. The smallest absolute Gasteiger partial charge is 0.550 e. The van der Waals surface area contributed by atoms with Crippen LogP contribution in [0.1, 0.15) is 27.7 Å². The van der Waals surface area contributed by atoms with Gasteiger partial charge in [0.15, 0.2) is 0 Å². The van der Waals surface area contributed by atoms with Crippen LogP contribution in [0.4, 0.5) is 19.2 Å². The Morgan fingerprint density at radius 2 is 0.615 bits per heavy atom. The van der Waals surface area contributed by atoms with Gasteiger partial charge >= 0.3 is 46.1 Å². The molecule has 0 saturated carbocycles. The molecular weight excluding hydrogens is 385 g/mol. The maximum atomic E-state index is 9.27. The molecule has 0 saturated heterocycles. The molecule has 12 nitrogen and oxygen atoms in total. The van der Waals surface area contributed by atoms with E-state index in [-0.39, 0.29) is 72.5 Å². The molecule has 26 heavy (non-hydrogen) atoms. The molecule has 0 amide bonds. The molecule has 0 atom stereocenters. The number of hydrogen-bond acceptors (Lipinski definition) is 12. The van der Waals surface area contributed by atoms with Crippen molar-refractivity contribution in [2.45, 2.75) is 27.7 Å². The van der Waals surface area contributed by atoms with Gasteiger partial charge in [-0.05, 0) is 27.7 Å². The first kappa shape index (κ1) is 39.6. The second-order valence-corrected chi connectivity index (χ2v) is 2.73. The standard InChI is InChI=1S/4C3H6O3.2Mg/c4*1-2-6-3(4)5;;/h4*2H2,1H3,(H,4,5);;/q;;;;2*+2/p-4. The first-order valence-electron chi connectivity index (χ1n) is 6.43. The van der Waals surface area contributed by atoms with Crippen LogP contribution in [0.2, 0.25) is 0 Å². The number of ether oxygens (including phenoxy) is 4. The third kappa shape index (κ3) is 93.8. The fourth-order valence-corrected chi connectivity index (χ4v) is 0.471. The molecule has 0 N–H and O–H groups in total. The van der Waals surface area contributed by atoms with E-state index in [2.05, 4.69) is 18.9 Å². The van der Waals surface area contributed by atoms with Crippen molar-refractivity contribution in [1.82, 2.24) is 0 Å². The molecule has 0 heterocycles. The van der Waals surface area contributed by atoms with Gasteiger partial charge < -0.3 is 58.6 Å². The summed E-state index contributed by atoms with van der Waals surface area (Å²) in [6.07, 6.45) is -5.84. The topological polar surface area (TPSA) is 197 Å². The molecule has 0 unspecified atom stereocenters. The zero-order chi connectivity index (χ0) is 20.0. The van der Waals surface area contributed by atoms with E-state index in [0.717, 1.165) is 0 Å². The summed E-state index contributed by atoms with van der Waals surface area (Å²) >= 11 is 0. The van der Waals surface area contributed by atoms with E-state index in [4.69, 9.17) is 0 Å². The summed E-state index contributed by atoms with van der Waals surface area (Å²) in [5.41, 5.74) is 0. The Labute approximate surface area is 183 Å². The third-order valence-electron chi connectivity index (χ3n) is 1.05. The zero-order valence-electron chi connectivity index (χ0n) is 15.1. The largest absolute Gasteiger partial charge is 2.00 e. The predicted octanol–water partition coefficient (Wildman–Crippen LogP) is -3.30. The predicted molar refractivity (Wildman–Crippen MR) is 79.6 cm³/mol. The van der Waals surface area contributed by atoms with E-state index in [1.807, 2.05) is 0 Å². The van der Waals surface area contributed by atoms with Gasteiger partial charge in [0.1, 0.15) is 0 Å². The normalized spacial score (nSPS) is 6.92. The van der Waals surface area contributed by atoms with Gasteiger partial charge in [0.2, 0.25) is 0 Å². The fourth-order valence-electron chi connectivity index (χ4n) is 0.471. The molecule has 0 aliphatic rings. The Morgan fingerprint density at radius 1 is 0.500 bits per heavy atom. The fraction of sp³-hybridized carbons (Fsp3) is 0.667. The zero-order valence-corrected chi connectivity index (χ0v) is 18.0. The SMILES string of the molecule is CCOC(=O)[O-].CCOC(=O)[O-].CCOC(=O)[O-].CCOC(=O)[O-].[Mg+2].[Mg+2]. The minimum Gasteiger partial charge on any atom is -0.550 e. The van der Waals surface area contributed by atoms with Crippen molar-refractivity contribution >= 4 is 70.7 Å². The molecule has 0 bridgehead atoms. The van der Waals surface area contributed by atoms with Crippen molar-refractivity contribution in [3.05, 3.63) is 0 Å². The Balaban J connectivity index is -0.0000000500. The quantitative estimate of drug-likeness (QED) is 0.257. The first-order chi connectivity index (χ1) is 11.1. The van der Waals surface area contributed by atoms with Crippen molar-refractivity contribution < 1.29 is 58.6 Å². The van der Waals surface area contributed by atoms with E-state index in [1.54, 1.807) is 27.7 Å². The monoisotopic (exact) mass is 404 g/mol. The number of hydrogen-bond donors (Lipinski definition) is 0. The molecular formula is C12H20Mg2O12. The van der Waals surface area contributed by atoms with Crippen LogP contribution in [0.5, 0.6) is 0 Å². The van der Waals surface area contributed by atoms with Crippen LogP contribution in [0.3, 0.4) is 0 Å². The molecule has 144 valence electrons. The van der Waals surface area contributed by atoms with Crippen molar-refractivity contribution in [3.8, 4) is 0 Å². The Bertz CT molecular complexity index is 274. The van der Waals surface area contributed by atoms with Gasteiger partial charge in [-0.25, -0.2) is 0 Å². The summed E-state index contributed by atoms with van der Waals surface area (Å²) in [7, 11) is 0. The molecule has 0 fully saturated rings. The van der Waals surface area contributed by atoms with E-state index in [1.165, 1.54) is 0 Å². The molecule has 0 aliphatic carbocycles. The van der Waals surface area contributed by atoms with Crippen LogP contribution in [0.15, 0.2) is 0 Å². The van der Waals surface area contributed by atoms with E-state index in [9.17, 15) is 39.6 Å². The number of carbonyl (C=O) groups excluding carboxylic acids is 4. The third-order valence-corrected chi connectivity index (χ3v) is 1.05. The Morgan fingerprint density at radius 3 is 0.615 bits per heavy atom. The van der Waals surface area contributed by atoms with Crippen LogP contribution in [-0.4, -0.2) is 97.2 Å². The number of carbonyl (C=O) groups is 4. The molecule has 14 heteroatoms. The van der Waals surface area contributed by atoms with Gasteiger partial charge in [-0.1, -0.05) is 0 Å². The first-order valence-corrected chi connectivity index (χ1v) is 6.43. The van der Waals surface area contributed by atoms with Crippen LogP contribution >= 0.6 is 0 Å². The van der Waals surface area contributed by atoms with Gasteiger partial charge in [-0.3, -0.25) is 0 Å². The van der Waals surface area contributed by atoms with Crippen molar-refractivity contribution in [1.29, 1.82) is 0 Å².